The van der Waals surface area contributed by atoms with Crippen molar-refractivity contribution >= 4 is 24.1 Å². The quantitative estimate of drug-likeness (QED) is 0.461. The summed E-state index contributed by atoms with van der Waals surface area (Å²) in [5.74, 6) is -1.18. The fourth-order valence-corrected chi connectivity index (χ4v) is 1.76. The number of hydrogen-bond donors (Lipinski definition) is 0. The van der Waals surface area contributed by atoms with Crippen molar-refractivity contribution in [1.82, 2.24) is 0 Å². The standard InChI is InChI=1S/C16H10O5/c17-9-13(19)11-5-1-3-7-15(11)21-16-8-4-2-6-12(16)14(20)10-18/h1-10H. The lowest BCUT2D eigenvalue weighted by Crippen LogP contribution is -2.05. The topological polar surface area (TPSA) is 77.5 Å². The SMILES string of the molecule is O=CC(=O)c1ccccc1Oc1ccccc1C(=O)C=O. The monoisotopic (exact) mass is 282 g/mol. The molecule has 0 N–H and O–H groups in total. The van der Waals surface area contributed by atoms with E-state index in [0.717, 1.165) is 0 Å². The van der Waals surface area contributed by atoms with Gasteiger partial charge in [0.05, 0.1) is 11.1 Å². The summed E-state index contributed by atoms with van der Waals surface area (Å²) in [6, 6.07) is 12.3. The fraction of sp³-hybridized carbons (Fsp3) is 0. The molecule has 0 bridgehead atoms. The molecule has 0 heterocycles. The second kappa shape index (κ2) is 6.38. The molecule has 21 heavy (non-hydrogen) atoms. The van der Waals surface area contributed by atoms with Crippen LogP contribution in [0.3, 0.4) is 0 Å². The fourth-order valence-electron chi connectivity index (χ4n) is 1.76. The molecule has 0 spiro atoms. The van der Waals surface area contributed by atoms with Gasteiger partial charge in [0.15, 0.2) is 12.6 Å². The number of para-hydroxylation sites is 2. The molecule has 5 nitrogen and oxygen atoms in total. The summed E-state index contributed by atoms with van der Waals surface area (Å²) in [5.41, 5.74) is 0.168. The van der Waals surface area contributed by atoms with Gasteiger partial charge in [-0.25, -0.2) is 0 Å². The van der Waals surface area contributed by atoms with Gasteiger partial charge in [-0.2, -0.15) is 0 Å². The van der Waals surface area contributed by atoms with Crippen LogP contribution >= 0.6 is 0 Å². The molecule has 2 aromatic rings. The Kier molecular flexibility index (Phi) is 4.36. The average molecular weight is 282 g/mol. The highest BCUT2D eigenvalue weighted by Gasteiger charge is 2.15. The molecule has 0 radical (unpaired) electrons. The Morgan fingerprint density at radius 1 is 0.714 bits per heavy atom. The summed E-state index contributed by atoms with van der Waals surface area (Å²) in [7, 11) is 0. The minimum absolute atomic E-state index is 0.0841. The minimum Gasteiger partial charge on any atom is -0.456 e. The first kappa shape index (κ1) is 14.3. The highest BCUT2D eigenvalue weighted by atomic mass is 16.5. The zero-order valence-electron chi connectivity index (χ0n) is 10.8. The molecule has 0 aromatic heterocycles. The first-order valence-corrected chi connectivity index (χ1v) is 6.02. The Morgan fingerprint density at radius 2 is 1.10 bits per heavy atom. The van der Waals surface area contributed by atoms with Gasteiger partial charge in [0.25, 0.3) is 0 Å². The van der Waals surface area contributed by atoms with Crippen LogP contribution in [0.5, 0.6) is 11.5 Å². The Hall–Kier alpha value is -3.08. The second-order valence-electron chi connectivity index (χ2n) is 4.06. The van der Waals surface area contributed by atoms with E-state index in [0.29, 0.717) is 0 Å². The number of rotatable bonds is 6. The van der Waals surface area contributed by atoms with E-state index in [-0.39, 0.29) is 35.2 Å². The van der Waals surface area contributed by atoms with Gasteiger partial charge in [-0.3, -0.25) is 19.2 Å². The predicted molar refractivity (Wildman–Crippen MR) is 73.7 cm³/mol. The zero-order valence-corrected chi connectivity index (χ0v) is 10.8. The van der Waals surface area contributed by atoms with Gasteiger partial charge in [-0.15, -0.1) is 0 Å². The third-order valence-electron chi connectivity index (χ3n) is 2.74. The smallest absolute Gasteiger partial charge is 0.229 e. The molecule has 0 saturated carbocycles. The Labute approximate surface area is 120 Å². The van der Waals surface area contributed by atoms with Crippen LogP contribution in [-0.4, -0.2) is 24.1 Å². The van der Waals surface area contributed by atoms with E-state index >= 15 is 0 Å². The Balaban J connectivity index is 2.44. The molecule has 0 aliphatic rings. The number of ether oxygens (including phenoxy) is 1. The van der Waals surface area contributed by atoms with E-state index in [1.54, 1.807) is 24.3 Å². The molecule has 0 atom stereocenters. The Bertz CT molecular complexity index is 657. The van der Waals surface area contributed by atoms with Crippen LogP contribution < -0.4 is 4.74 Å². The van der Waals surface area contributed by atoms with Gasteiger partial charge >= 0.3 is 0 Å². The first-order chi connectivity index (χ1) is 10.2. The zero-order chi connectivity index (χ0) is 15.2. The van der Waals surface area contributed by atoms with Crippen LogP contribution in [0.1, 0.15) is 20.7 Å². The molecule has 0 amide bonds. The number of aldehydes is 2. The number of ketones is 2. The van der Waals surface area contributed by atoms with E-state index in [1.165, 1.54) is 24.3 Å². The molecule has 0 aliphatic heterocycles. The van der Waals surface area contributed by atoms with Crippen molar-refractivity contribution in [2.45, 2.75) is 0 Å². The molecule has 0 unspecified atom stereocenters. The van der Waals surface area contributed by atoms with Crippen molar-refractivity contribution < 1.29 is 23.9 Å². The largest absolute Gasteiger partial charge is 0.456 e. The van der Waals surface area contributed by atoms with E-state index in [9.17, 15) is 19.2 Å². The van der Waals surface area contributed by atoms with Crippen LogP contribution in [-0.2, 0) is 9.59 Å². The minimum atomic E-state index is -0.732. The molecule has 0 aliphatic carbocycles. The lowest BCUT2D eigenvalue weighted by molar-refractivity contribution is -0.105. The number of Topliss-reactive ketones (excluding diaryl/α,β-unsaturated/α-hetero) is 2. The lowest BCUT2D eigenvalue weighted by atomic mass is 10.1. The van der Waals surface area contributed by atoms with Crippen LogP contribution in [0.15, 0.2) is 48.5 Å². The van der Waals surface area contributed by atoms with Gasteiger partial charge in [0, 0.05) is 0 Å². The molecule has 0 fully saturated rings. The summed E-state index contributed by atoms with van der Waals surface area (Å²) in [6.07, 6.45) is 0.370. The summed E-state index contributed by atoms with van der Waals surface area (Å²) in [5, 5.41) is 0. The highest BCUT2D eigenvalue weighted by molar-refractivity contribution is 6.34. The van der Waals surface area contributed by atoms with Gasteiger partial charge in [-0.1, -0.05) is 24.3 Å². The van der Waals surface area contributed by atoms with Crippen LogP contribution in [0.25, 0.3) is 0 Å². The normalized spacial score (nSPS) is 9.71. The van der Waals surface area contributed by atoms with Crippen molar-refractivity contribution in [3.05, 3.63) is 59.7 Å². The van der Waals surface area contributed by atoms with E-state index in [1.807, 2.05) is 0 Å². The van der Waals surface area contributed by atoms with E-state index in [4.69, 9.17) is 4.74 Å². The summed E-state index contributed by atoms with van der Waals surface area (Å²) >= 11 is 0. The van der Waals surface area contributed by atoms with Crippen molar-refractivity contribution in [3.63, 3.8) is 0 Å². The molecular formula is C16H10O5. The number of carbonyl (C=O) groups is 4. The van der Waals surface area contributed by atoms with Crippen molar-refractivity contribution in [3.8, 4) is 11.5 Å². The Morgan fingerprint density at radius 3 is 1.48 bits per heavy atom. The van der Waals surface area contributed by atoms with Crippen LogP contribution in [0.4, 0.5) is 0 Å². The summed E-state index contributed by atoms with van der Waals surface area (Å²) < 4.78 is 5.53. The van der Waals surface area contributed by atoms with Crippen LogP contribution in [0, 0.1) is 0 Å². The molecule has 0 saturated heterocycles. The van der Waals surface area contributed by atoms with Crippen molar-refractivity contribution in [2.24, 2.45) is 0 Å². The van der Waals surface area contributed by atoms with Crippen LogP contribution in [0.2, 0.25) is 0 Å². The second-order valence-corrected chi connectivity index (χ2v) is 4.06. The molecule has 2 rings (SSSR count). The molecule has 2 aromatic carbocycles. The van der Waals surface area contributed by atoms with Crippen molar-refractivity contribution in [1.29, 1.82) is 0 Å². The van der Waals surface area contributed by atoms with Crippen molar-refractivity contribution in [2.75, 3.05) is 0 Å². The summed E-state index contributed by atoms with van der Waals surface area (Å²) in [6.45, 7) is 0. The summed E-state index contributed by atoms with van der Waals surface area (Å²) in [4.78, 5) is 44.3. The number of hydrogen-bond acceptors (Lipinski definition) is 5. The number of carbonyl (C=O) groups excluding carboxylic acids is 4. The molecular weight excluding hydrogens is 272 g/mol. The molecule has 5 heteroatoms. The maximum Gasteiger partial charge on any atom is 0.229 e. The third kappa shape index (κ3) is 3.09. The molecule has 104 valence electrons. The highest BCUT2D eigenvalue weighted by Crippen LogP contribution is 2.28. The predicted octanol–water partition coefficient (Wildman–Crippen LogP) is 2.24. The van der Waals surface area contributed by atoms with Gasteiger partial charge in [0.1, 0.15) is 11.5 Å². The number of benzene rings is 2. The van der Waals surface area contributed by atoms with Gasteiger partial charge < -0.3 is 4.74 Å². The first-order valence-electron chi connectivity index (χ1n) is 6.02. The van der Waals surface area contributed by atoms with Gasteiger partial charge in [-0.05, 0) is 24.3 Å². The third-order valence-corrected chi connectivity index (χ3v) is 2.74. The van der Waals surface area contributed by atoms with E-state index in [2.05, 4.69) is 0 Å². The maximum absolute atomic E-state index is 11.5. The maximum atomic E-state index is 11.5. The van der Waals surface area contributed by atoms with Gasteiger partial charge in [0.2, 0.25) is 11.6 Å². The lowest BCUT2D eigenvalue weighted by Gasteiger charge is -2.11. The van der Waals surface area contributed by atoms with E-state index < -0.39 is 11.6 Å². The average Bonchev–Trinajstić information content (AvgIpc) is 2.54.